The highest BCUT2D eigenvalue weighted by atomic mass is 16.5. The van der Waals surface area contributed by atoms with Crippen LogP contribution in [0.2, 0.25) is 0 Å². The van der Waals surface area contributed by atoms with E-state index in [1.54, 1.807) is 25.1 Å². The molecule has 0 bridgehead atoms. The molecule has 0 aliphatic rings. The molecule has 2 rings (SSSR count). The Kier molecular flexibility index (Phi) is 8.92. The zero-order valence-electron chi connectivity index (χ0n) is 19.0. The van der Waals surface area contributed by atoms with Gasteiger partial charge in [0.15, 0.2) is 11.5 Å². The number of methoxy groups -OCH3 is 2. The lowest BCUT2D eigenvalue weighted by Gasteiger charge is -2.46. The van der Waals surface area contributed by atoms with Gasteiger partial charge in [0.05, 0.1) is 45.6 Å². The third-order valence-electron chi connectivity index (χ3n) is 5.47. The van der Waals surface area contributed by atoms with Gasteiger partial charge < -0.3 is 24.6 Å². The van der Waals surface area contributed by atoms with Gasteiger partial charge >= 0.3 is 0 Å². The molecule has 0 saturated heterocycles. The van der Waals surface area contributed by atoms with Crippen LogP contribution in [0, 0.1) is 6.92 Å². The number of hydrogen-bond donors (Lipinski definition) is 2. The number of rotatable bonds is 10. The van der Waals surface area contributed by atoms with Gasteiger partial charge in [0.2, 0.25) is 0 Å². The molecule has 0 aliphatic heterocycles. The van der Waals surface area contributed by atoms with Crippen LogP contribution in [0.4, 0.5) is 0 Å². The maximum Gasteiger partial charge on any atom is 0.160 e. The normalized spacial score (nSPS) is 12.8. The van der Waals surface area contributed by atoms with Crippen molar-refractivity contribution in [2.75, 3.05) is 27.4 Å². The van der Waals surface area contributed by atoms with E-state index in [-0.39, 0.29) is 40.8 Å². The van der Waals surface area contributed by atoms with Crippen molar-refractivity contribution >= 4 is 84.6 Å². The monoisotopic (exact) mass is 425 g/mol. The molecule has 2 aromatic carbocycles. The van der Waals surface area contributed by atoms with E-state index in [2.05, 4.69) is 5.32 Å². The van der Waals surface area contributed by atoms with Gasteiger partial charge in [-0.2, -0.15) is 0 Å². The molecule has 1 atom stereocenters. The SMILES string of the molecule is [B]c1c([B])c(C)c([B])c(OCC(O)CNC([B])([B])C([B])([B])c2ccc(OC)c(OC)c2)c1[B]. The van der Waals surface area contributed by atoms with E-state index in [0.29, 0.717) is 22.6 Å². The van der Waals surface area contributed by atoms with Gasteiger partial charge in [0, 0.05) is 6.54 Å². The van der Waals surface area contributed by atoms with E-state index in [1.807, 2.05) is 0 Å². The zero-order valence-corrected chi connectivity index (χ0v) is 19.0. The van der Waals surface area contributed by atoms with Gasteiger partial charge in [-0.05, 0) is 19.1 Å². The van der Waals surface area contributed by atoms with Crippen LogP contribution < -0.4 is 41.4 Å². The van der Waals surface area contributed by atoms with Crippen molar-refractivity contribution in [2.45, 2.75) is 23.6 Å². The van der Waals surface area contributed by atoms with Crippen molar-refractivity contribution < 1.29 is 19.3 Å². The second kappa shape index (κ2) is 10.7. The number of aliphatic hydroxyl groups is 1. The van der Waals surface area contributed by atoms with E-state index in [0.717, 1.165) is 0 Å². The molecule has 0 saturated carbocycles. The summed E-state index contributed by atoms with van der Waals surface area (Å²) >= 11 is 0. The second-order valence-electron chi connectivity index (χ2n) is 7.76. The average Bonchev–Trinajstić information content (AvgIpc) is 2.79. The average molecular weight is 424 g/mol. The summed E-state index contributed by atoms with van der Waals surface area (Å²) in [4.78, 5) is 0. The lowest BCUT2D eigenvalue weighted by molar-refractivity contribution is 0.105. The quantitative estimate of drug-likeness (QED) is 0.379. The fourth-order valence-electron chi connectivity index (χ4n) is 3.09. The van der Waals surface area contributed by atoms with E-state index < -0.39 is 16.7 Å². The summed E-state index contributed by atoms with van der Waals surface area (Å²) in [6.07, 6.45) is -1.09. The summed E-state index contributed by atoms with van der Waals surface area (Å²) < 4.78 is 16.1. The van der Waals surface area contributed by atoms with E-state index >= 15 is 0 Å². The number of ether oxygens (including phenoxy) is 3. The molecule has 13 heteroatoms. The van der Waals surface area contributed by atoms with Crippen molar-refractivity contribution in [1.29, 1.82) is 0 Å². The van der Waals surface area contributed by atoms with Crippen molar-refractivity contribution in [3.8, 4) is 17.2 Å². The summed E-state index contributed by atoms with van der Waals surface area (Å²) in [5.74, 6) is 1.00. The standard InChI is InChI=1S/C20H19B8NO4/c1-9-14(21)16(23)17(24)18(15(9)22)33-8-11(30)7-29-20(27,28)19(25,26)10-4-5-12(31-2)13(6-10)32-3/h4-6,11,29-30H,7-8H2,1-3H3. The maximum atomic E-state index is 10.4. The van der Waals surface area contributed by atoms with Gasteiger partial charge in [-0.25, -0.2) is 0 Å². The summed E-state index contributed by atoms with van der Waals surface area (Å²) in [5, 5.41) is 9.54. The third-order valence-corrected chi connectivity index (χ3v) is 5.47. The van der Waals surface area contributed by atoms with Gasteiger partial charge in [-0.3, -0.25) is 0 Å². The van der Waals surface area contributed by atoms with Crippen LogP contribution in [-0.4, -0.2) is 107 Å². The molecule has 33 heavy (non-hydrogen) atoms. The van der Waals surface area contributed by atoms with Crippen molar-refractivity contribution in [3.05, 3.63) is 29.3 Å². The fraction of sp³-hybridized carbons (Fsp3) is 0.400. The molecule has 0 aliphatic carbocycles. The molecule has 5 nitrogen and oxygen atoms in total. The Morgan fingerprint density at radius 1 is 0.909 bits per heavy atom. The zero-order chi connectivity index (χ0) is 25.1. The Balaban J connectivity index is 2.09. The number of benzene rings is 2. The topological polar surface area (TPSA) is 60.0 Å². The molecule has 0 spiro atoms. The van der Waals surface area contributed by atoms with Crippen LogP contribution in [0.15, 0.2) is 18.2 Å². The maximum absolute atomic E-state index is 10.4. The Morgan fingerprint density at radius 3 is 2.09 bits per heavy atom. The first kappa shape index (κ1) is 27.5. The van der Waals surface area contributed by atoms with E-state index in [4.69, 9.17) is 77.0 Å². The van der Waals surface area contributed by atoms with E-state index in [1.165, 1.54) is 14.2 Å². The van der Waals surface area contributed by atoms with Crippen molar-refractivity contribution in [2.24, 2.45) is 0 Å². The molecular weight excluding hydrogens is 405 g/mol. The Hall–Kier alpha value is -1.72. The lowest BCUT2D eigenvalue weighted by Crippen LogP contribution is -2.64. The summed E-state index contributed by atoms with van der Waals surface area (Å²) in [6.45, 7) is 1.34. The first-order valence-corrected chi connectivity index (χ1v) is 9.94. The highest BCUT2D eigenvalue weighted by Gasteiger charge is 2.36. The summed E-state index contributed by atoms with van der Waals surface area (Å²) in [6, 6.07) is 4.79. The molecule has 2 aromatic rings. The highest BCUT2D eigenvalue weighted by Crippen LogP contribution is 2.34. The van der Waals surface area contributed by atoms with Crippen LogP contribution in [-0.2, 0) is 5.21 Å². The molecule has 2 N–H and O–H groups in total. The molecule has 1 unspecified atom stereocenters. The predicted molar refractivity (Wildman–Crippen MR) is 139 cm³/mol. The van der Waals surface area contributed by atoms with Crippen LogP contribution in [0.25, 0.3) is 0 Å². The molecular formula is C20H19B8NO4. The molecule has 0 fully saturated rings. The largest absolute Gasteiger partial charge is 0.493 e. The fourth-order valence-corrected chi connectivity index (χ4v) is 3.09. The first-order chi connectivity index (χ1) is 15.3. The first-order valence-electron chi connectivity index (χ1n) is 9.94. The number of nitrogens with one attached hydrogen (secondary N) is 1. The molecule has 0 heterocycles. The minimum Gasteiger partial charge on any atom is -0.493 e. The predicted octanol–water partition coefficient (Wildman–Crippen LogP) is -4.30. The van der Waals surface area contributed by atoms with Gasteiger partial charge in [0.1, 0.15) is 49.8 Å². The Bertz CT molecular complexity index is 974. The molecule has 152 valence electrons. The Labute approximate surface area is 206 Å². The van der Waals surface area contributed by atoms with Crippen LogP contribution in [0.1, 0.15) is 11.1 Å². The Morgan fingerprint density at radius 2 is 1.52 bits per heavy atom. The minimum absolute atomic E-state index is 0.0825. The smallest absolute Gasteiger partial charge is 0.160 e. The second-order valence-corrected chi connectivity index (χ2v) is 7.76. The summed E-state index contributed by atoms with van der Waals surface area (Å²) in [7, 11) is 51.6. The number of aliphatic hydroxyl groups excluding tert-OH is 1. The van der Waals surface area contributed by atoms with Gasteiger partial charge in [-0.1, -0.05) is 38.7 Å². The molecule has 16 radical (unpaired) electrons. The van der Waals surface area contributed by atoms with Crippen molar-refractivity contribution in [3.63, 3.8) is 0 Å². The van der Waals surface area contributed by atoms with Crippen LogP contribution in [0.3, 0.4) is 0 Å². The minimum atomic E-state index is -1.84. The van der Waals surface area contributed by atoms with Crippen LogP contribution >= 0.6 is 0 Å². The van der Waals surface area contributed by atoms with Gasteiger partial charge in [0.25, 0.3) is 0 Å². The van der Waals surface area contributed by atoms with Crippen LogP contribution in [0.5, 0.6) is 17.2 Å². The lowest BCUT2D eigenvalue weighted by atomic mass is 9.32. The van der Waals surface area contributed by atoms with E-state index in [9.17, 15) is 5.11 Å². The number of hydrogen-bond acceptors (Lipinski definition) is 5. The van der Waals surface area contributed by atoms with Crippen molar-refractivity contribution in [1.82, 2.24) is 5.32 Å². The molecule has 0 aromatic heterocycles. The molecule has 0 amide bonds. The van der Waals surface area contributed by atoms with Gasteiger partial charge in [-0.15, -0.1) is 10.9 Å². The summed E-state index contributed by atoms with van der Waals surface area (Å²) in [5.41, 5.74) is 1.63. The third kappa shape index (κ3) is 5.68. The highest BCUT2D eigenvalue weighted by molar-refractivity contribution is 6.60.